The van der Waals surface area contributed by atoms with Crippen LogP contribution in [0.1, 0.15) is 24.8 Å². The fourth-order valence-electron chi connectivity index (χ4n) is 3.95. The SMILES string of the molecule is Cc1ccnc(N2CC[C@H](N3CCOCC3)[C@H](CCCO)C2)c1. The van der Waals surface area contributed by atoms with Crippen LogP contribution in [0.5, 0.6) is 0 Å². The molecule has 0 aromatic carbocycles. The molecule has 2 aliphatic rings. The van der Waals surface area contributed by atoms with Gasteiger partial charge in [-0.25, -0.2) is 4.98 Å². The Morgan fingerprint density at radius 2 is 2.13 bits per heavy atom. The van der Waals surface area contributed by atoms with Gasteiger partial charge in [0.05, 0.1) is 13.2 Å². The van der Waals surface area contributed by atoms with Crippen molar-refractivity contribution in [2.75, 3.05) is 50.9 Å². The van der Waals surface area contributed by atoms with Gasteiger partial charge in [0.25, 0.3) is 0 Å². The molecule has 0 unspecified atom stereocenters. The Morgan fingerprint density at radius 3 is 2.87 bits per heavy atom. The summed E-state index contributed by atoms with van der Waals surface area (Å²) in [6, 6.07) is 4.84. The number of aliphatic hydroxyl groups is 1. The van der Waals surface area contributed by atoms with Gasteiger partial charge in [-0.1, -0.05) is 0 Å². The molecule has 1 N–H and O–H groups in total. The van der Waals surface area contributed by atoms with E-state index in [1.54, 1.807) is 0 Å². The highest BCUT2D eigenvalue weighted by atomic mass is 16.5. The van der Waals surface area contributed by atoms with Crippen molar-refractivity contribution in [2.45, 2.75) is 32.2 Å². The lowest BCUT2D eigenvalue weighted by Crippen LogP contribution is -2.54. The molecule has 23 heavy (non-hydrogen) atoms. The van der Waals surface area contributed by atoms with Crippen molar-refractivity contribution in [1.29, 1.82) is 0 Å². The average molecular weight is 319 g/mol. The maximum Gasteiger partial charge on any atom is 0.128 e. The third-order valence-corrected chi connectivity index (χ3v) is 5.17. The molecule has 0 bridgehead atoms. The van der Waals surface area contributed by atoms with Crippen molar-refractivity contribution in [3.8, 4) is 0 Å². The van der Waals surface area contributed by atoms with Crippen LogP contribution in [0.25, 0.3) is 0 Å². The Hall–Kier alpha value is -1.17. The lowest BCUT2D eigenvalue weighted by Gasteiger charge is -2.45. The summed E-state index contributed by atoms with van der Waals surface area (Å²) >= 11 is 0. The number of pyridine rings is 1. The normalized spacial score (nSPS) is 26.4. The number of aryl methyl sites for hydroxylation is 1. The molecule has 3 heterocycles. The Labute approximate surface area is 139 Å². The van der Waals surface area contributed by atoms with Crippen LogP contribution in [-0.4, -0.2) is 67.0 Å². The van der Waals surface area contributed by atoms with E-state index in [-0.39, 0.29) is 6.61 Å². The first-order valence-electron chi connectivity index (χ1n) is 8.88. The Balaban J connectivity index is 1.69. The lowest BCUT2D eigenvalue weighted by atomic mass is 9.86. The highest BCUT2D eigenvalue weighted by molar-refractivity contribution is 5.41. The van der Waals surface area contributed by atoms with Gasteiger partial charge in [-0.2, -0.15) is 0 Å². The van der Waals surface area contributed by atoms with Crippen molar-refractivity contribution in [2.24, 2.45) is 5.92 Å². The van der Waals surface area contributed by atoms with Crippen LogP contribution < -0.4 is 4.90 Å². The van der Waals surface area contributed by atoms with Gasteiger partial charge in [0, 0.05) is 45.0 Å². The number of hydrogen-bond donors (Lipinski definition) is 1. The van der Waals surface area contributed by atoms with Crippen molar-refractivity contribution >= 4 is 5.82 Å². The number of rotatable bonds is 5. The molecule has 2 atom stereocenters. The van der Waals surface area contributed by atoms with E-state index < -0.39 is 0 Å². The van der Waals surface area contributed by atoms with E-state index in [0.717, 1.165) is 58.1 Å². The molecule has 0 saturated carbocycles. The van der Waals surface area contributed by atoms with Crippen molar-refractivity contribution in [3.63, 3.8) is 0 Å². The predicted molar refractivity (Wildman–Crippen MR) is 91.8 cm³/mol. The molecule has 128 valence electrons. The summed E-state index contributed by atoms with van der Waals surface area (Å²) in [5.41, 5.74) is 1.26. The van der Waals surface area contributed by atoms with Gasteiger partial charge in [-0.15, -0.1) is 0 Å². The second-order valence-corrected chi connectivity index (χ2v) is 6.77. The van der Waals surface area contributed by atoms with Crippen LogP contribution >= 0.6 is 0 Å². The van der Waals surface area contributed by atoms with Crippen molar-refractivity contribution in [1.82, 2.24) is 9.88 Å². The number of nitrogens with zero attached hydrogens (tertiary/aromatic N) is 3. The molecule has 0 radical (unpaired) electrons. The first kappa shape index (κ1) is 16.7. The third-order valence-electron chi connectivity index (χ3n) is 5.17. The number of piperidine rings is 1. The fraction of sp³-hybridized carbons (Fsp3) is 0.722. The molecule has 3 rings (SSSR count). The van der Waals surface area contributed by atoms with Gasteiger partial charge in [0.15, 0.2) is 0 Å². The summed E-state index contributed by atoms with van der Waals surface area (Å²) in [5, 5.41) is 9.25. The molecule has 0 spiro atoms. The summed E-state index contributed by atoms with van der Waals surface area (Å²) in [6.45, 7) is 8.31. The molecule has 2 fully saturated rings. The smallest absolute Gasteiger partial charge is 0.128 e. The van der Waals surface area contributed by atoms with E-state index in [1.807, 2.05) is 12.3 Å². The minimum Gasteiger partial charge on any atom is -0.396 e. The van der Waals surface area contributed by atoms with Crippen LogP contribution in [-0.2, 0) is 4.74 Å². The molecule has 5 heteroatoms. The van der Waals surface area contributed by atoms with Gasteiger partial charge < -0.3 is 14.7 Å². The molecule has 2 saturated heterocycles. The van der Waals surface area contributed by atoms with E-state index >= 15 is 0 Å². The van der Waals surface area contributed by atoms with Gasteiger partial charge in [-0.05, 0) is 49.8 Å². The monoisotopic (exact) mass is 319 g/mol. The maximum atomic E-state index is 9.25. The van der Waals surface area contributed by atoms with Crippen LogP contribution in [0, 0.1) is 12.8 Å². The molecule has 0 aliphatic carbocycles. The maximum absolute atomic E-state index is 9.25. The van der Waals surface area contributed by atoms with Crippen LogP contribution in [0.15, 0.2) is 18.3 Å². The second kappa shape index (κ2) is 8.08. The highest BCUT2D eigenvalue weighted by Crippen LogP contribution is 2.29. The summed E-state index contributed by atoms with van der Waals surface area (Å²) in [6.07, 6.45) is 5.05. The zero-order valence-electron chi connectivity index (χ0n) is 14.2. The fourth-order valence-corrected chi connectivity index (χ4v) is 3.95. The summed E-state index contributed by atoms with van der Waals surface area (Å²) in [5.74, 6) is 1.69. The van der Waals surface area contributed by atoms with Gasteiger partial charge >= 0.3 is 0 Å². The molecule has 0 amide bonds. The Morgan fingerprint density at radius 1 is 1.30 bits per heavy atom. The van der Waals surface area contributed by atoms with E-state index in [9.17, 15) is 5.11 Å². The average Bonchev–Trinajstić information content (AvgIpc) is 2.60. The first-order valence-corrected chi connectivity index (χ1v) is 8.88. The molecule has 1 aromatic rings. The molecule has 5 nitrogen and oxygen atoms in total. The quantitative estimate of drug-likeness (QED) is 0.895. The number of hydrogen-bond acceptors (Lipinski definition) is 5. The third kappa shape index (κ3) is 4.22. The Kier molecular flexibility index (Phi) is 5.86. The zero-order valence-corrected chi connectivity index (χ0v) is 14.2. The summed E-state index contributed by atoms with van der Waals surface area (Å²) in [4.78, 5) is 9.58. The lowest BCUT2D eigenvalue weighted by molar-refractivity contribution is -0.00415. The summed E-state index contributed by atoms with van der Waals surface area (Å²) in [7, 11) is 0. The van der Waals surface area contributed by atoms with Crippen LogP contribution in [0.2, 0.25) is 0 Å². The second-order valence-electron chi connectivity index (χ2n) is 6.77. The van der Waals surface area contributed by atoms with E-state index in [0.29, 0.717) is 12.0 Å². The van der Waals surface area contributed by atoms with Crippen molar-refractivity contribution < 1.29 is 9.84 Å². The minimum atomic E-state index is 0.287. The van der Waals surface area contributed by atoms with Crippen LogP contribution in [0.3, 0.4) is 0 Å². The largest absolute Gasteiger partial charge is 0.396 e. The predicted octanol–water partition coefficient (Wildman–Crippen LogP) is 1.69. The van der Waals surface area contributed by atoms with E-state index in [4.69, 9.17) is 4.74 Å². The first-order chi connectivity index (χ1) is 11.3. The standard InChI is InChI=1S/C18H29N3O2/c1-15-4-6-19-18(13-15)21-7-5-17(16(14-21)3-2-10-22)20-8-11-23-12-9-20/h4,6,13,16-17,22H,2-3,5,7-12,14H2,1H3/t16-,17+/m1/s1. The van der Waals surface area contributed by atoms with E-state index in [1.165, 1.54) is 12.0 Å². The highest BCUT2D eigenvalue weighted by Gasteiger charge is 2.34. The van der Waals surface area contributed by atoms with Gasteiger partial charge in [0.2, 0.25) is 0 Å². The minimum absolute atomic E-state index is 0.287. The van der Waals surface area contributed by atoms with E-state index in [2.05, 4.69) is 27.8 Å². The Bertz CT molecular complexity index is 491. The topological polar surface area (TPSA) is 48.8 Å². The number of aromatic nitrogens is 1. The number of aliphatic hydroxyl groups excluding tert-OH is 1. The molecule has 2 aliphatic heterocycles. The van der Waals surface area contributed by atoms with Crippen LogP contribution in [0.4, 0.5) is 5.82 Å². The summed E-state index contributed by atoms with van der Waals surface area (Å²) < 4.78 is 5.51. The van der Waals surface area contributed by atoms with Gasteiger partial charge in [-0.3, -0.25) is 4.90 Å². The number of anilines is 1. The molecular formula is C18H29N3O2. The molecular weight excluding hydrogens is 290 g/mol. The van der Waals surface area contributed by atoms with Crippen molar-refractivity contribution in [3.05, 3.63) is 23.9 Å². The zero-order chi connectivity index (χ0) is 16.1. The van der Waals surface area contributed by atoms with Gasteiger partial charge in [0.1, 0.15) is 5.82 Å². The number of ether oxygens (including phenoxy) is 1. The number of morpholine rings is 1. The molecule has 1 aromatic heterocycles.